The van der Waals surface area contributed by atoms with Gasteiger partial charge in [0.25, 0.3) is 0 Å². The molecule has 0 atom stereocenters. The second-order valence-electron chi connectivity index (χ2n) is 6.54. The van der Waals surface area contributed by atoms with E-state index in [0.29, 0.717) is 38.2 Å². The third-order valence-electron chi connectivity index (χ3n) is 4.48. The van der Waals surface area contributed by atoms with Gasteiger partial charge in [-0.1, -0.05) is 12.1 Å². The van der Waals surface area contributed by atoms with Crippen LogP contribution in [0.1, 0.15) is 41.8 Å². The van der Waals surface area contributed by atoms with E-state index >= 15 is 0 Å². The number of amides is 1. The molecule has 0 saturated carbocycles. The van der Waals surface area contributed by atoms with Crippen molar-refractivity contribution in [2.24, 2.45) is 7.05 Å². The number of hydrogen-bond donors (Lipinski definition) is 2. The molecule has 0 aliphatic rings. The van der Waals surface area contributed by atoms with Gasteiger partial charge in [0.1, 0.15) is 5.75 Å². The second-order valence-corrected chi connectivity index (χ2v) is 6.54. The van der Waals surface area contributed by atoms with E-state index < -0.39 is 5.97 Å². The molecular weight excluding hydrogens is 346 g/mol. The number of hydrogen-bond acceptors (Lipinski definition) is 4. The van der Waals surface area contributed by atoms with Crippen LogP contribution in [-0.4, -0.2) is 33.4 Å². The van der Waals surface area contributed by atoms with Crippen LogP contribution in [0, 0.1) is 13.8 Å². The lowest BCUT2D eigenvalue weighted by Gasteiger charge is -2.08. The van der Waals surface area contributed by atoms with Crippen molar-refractivity contribution in [1.82, 2.24) is 15.1 Å². The zero-order chi connectivity index (χ0) is 19.8. The van der Waals surface area contributed by atoms with E-state index in [2.05, 4.69) is 10.4 Å². The third kappa shape index (κ3) is 6.44. The van der Waals surface area contributed by atoms with Crippen molar-refractivity contribution in [3.05, 3.63) is 46.8 Å². The molecule has 0 aliphatic carbocycles. The van der Waals surface area contributed by atoms with Crippen molar-refractivity contribution in [3.63, 3.8) is 0 Å². The summed E-state index contributed by atoms with van der Waals surface area (Å²) in [5, 5.41) is 15.9. The first-order valence-corrected chi connectivity index (χ1v) is 9.06. The van der Waals surface area contributed by atoms with Crippen molar-refractivity contribution < 1.29 is 19.4 Å². The molecule has 146 valence electrons. The Morgan fingerprint density at radius 3 is 2.48 bits per heavy atom. The summed E-state index contributed by atoms with van der Waals surface area (Å²) in [7, 11) is 1.91. The van der Waals surface area contributed by atoms with E-state index in [1.807, 2.05) is 49.8 Å². The van der Waals surface area contributed by atoms with Crippen LogP contribution in [-0.2, 0) is 29.6 Å². The number of rotatable bonds is 10. The first-order chi connectivity index (χ1) is 12.9. The summed E-state index contributed by atoms with van der Waals surface area (Å²) in [6.45, 7) is 4.81. The molecule has 2 N–H and O–H groups in total. The molecule has 27 heavy (non-hydrogen) atoms. The van der Waals surface area contributed by atoms with Crippen LogP contribution in [0.2, 0.25) is 0 Å². The smallest absolute Gasteiger partial charge is 0.303 e. The van der Waals surface area contributed by atoms with Gasteiger partial charge in [0.15, 0.2) is 0 Å². The largest absolute Gasteiger partial charge is 0.494 e. The van der Waals surface area contributed by atoms with Gasteiger partial charge < -0.3 is 15.2 Å². The zero-order valence-electron chi connectivity index (χ0n) is 16.1. The third-order valence-corrected chi connectivity index (χ3v) is 4.48. The molecule has 0 bridgehead atoms. The highest BCUT2D eigenvalue weighted by Gasteiger charge is 2.11. The van der Waals surface area contributed by atoms with Crippen LogP contribution in [0.5, 0.6) is 5.75 Å². The SMILES string of the molecule is Cc1nn(C)c(C)c1CCC(=O)NCc1ccc(OCCCC(=O)O)cc1. The highest BCUT2D eigenvalue weighted by atomic mass is 16.5. The number of carboxylic acids is 1. The average Bonchev–Trinajstić information content (AvgIpc) is 2.88. The maximum atomic E-state index is 12.1. The second kappa shape index (κ2) is 9.75. The number of benzene rings is 1. The Balaban J connectivity index is 1.72. The predicted octanol–water partition coefficient (Wildman–Crippen LogP) is 2.53. The molecule has 2 rings (SSSR count). The van der Waals surface area contributed by atoms with E-state index in [1.165, 1.54) is 0 Å². The Kier molecular flexibility index (Phi) is 7.40. The summed E-state index contributed by atoms with van der Waals surface area (Å²) in [4.78, 5) is 22.6. The lowest BCUT2D eigenvalue weighted by Crippen LogP contribution is -2.23. The minimum Gasteiger partial charge on any atom is -0.494 e. The molecule has 0 aliphatic heterocycles. The van der Waals surface area contributed by atoms with Crippen molar-refractivity contribution in [2.45, 2.75) is 46.1 Å². The first kappa shape index (κ1) is 20.5. The lowest BCUT2D eigenvalue weighted by atomic mass is 10.1. The van der Waals surface area contributed by atoms with Crippen molar-refractivity contribution >= 4 is 11.9 Å². The molecule has 1 aromatic carbocycles. The van der Waals surface area contributed by atoms with Gasteiger partial charge >= 0.3 is 5.97 Å². The van der Waals surface area contributed by atoms with Crippen molar-refractivity contribution in [3.8, 4) is 5.75 Å². The van der Waals surface area contributed by atoms with Crippen LogP contribution in [0.25, 0.3) is 0 Å². The molecule has 2 aromatic rings. The number of ether oxygens (including phenoxy) is 1. The first-order valence-electron chi connectivity index (χ1n) is 9.06. The lowest BCUT2D eigenvalue weighted by molar-refractivity contribution is -0.137. The molecule has 0 spiro atoms. The topological polar surface area (TPSA) is 93.5 Å². The summed E-state index contributed by atoms with van der Waals surface area (Å²) in [6.07, 6.45) is 1.68. The number of aliphatic carboxylic acids is 1. The van der Waals surface area contributed by atoms with Gasteiger partial charge in [-0.05, 0) is 49.9 Å². The number of aryl methyl sites for hydroxylation is 2. The molecule has 7 heteroatoms. The zero-order valence-corrected chi connectivity index (χ0v) is 16.1. The highest BCUT2D eigenvalue weighted by Crippen LogP contribution is 2.15. The van der Waals surface area contributed by atoms with Crippen LogP contribution in [0.4, 0.5) is 0 Å². The number of carboxylic acid groups (broad SMARTS) is 1. The van der Waals surface area contributed by atoms with Gasteiger partial charge in [-0.2, -0.15) is 5.10 Å². The Morgan fingerprint density at radius 1 is 1.19 bits per heavy atom. The van der Waals surface area contributed by atoms with Gasteiger partial charge in [0, 0.05) is 32.1 Å². The summed E-state index contributed by atoms with van der Waals surface area (Å²) < 4.78 is 7.33. The summed E-state index contributed by atoms with van der Waals surface area (Å²) in [5.41, 5.74) is 4.19. The van der Waals surface area contributed by atoms with Gasteiger partial charge in [-0.3, -0.25) is 14.3 Å². The molecule has 1 amide bonds. The molecule has 0 radical (unpaired) electrons. The molecule has 0 fully saturated rings. The van der Waals surface area contributed by atoms with Gasteiger partial charge in [-0.15, -0.1) is 0 Å². The van der Waals surface area contributed by atoms with Crippen LogP contribution >= 0.6 is 0 Å². The number of carbonyl (C=O) groups excluding carboxylic acids is 1. The quantitative estimate of drug-likeness (QED) is 0.624. The Bertz CT molecular complexity index is 781. The van der Waals surface area contributed by atoms with Crippen molar-refractivity contribution in [2.75, 3.05) is 6.61 Å². The summed E-state index contributed by atoms with van der Waals surface area (Å²) in [6, 6.07) is 7.43. The fourth-order valence-electron chi connectivity index (χ4n) is 2.82. The number of nitrogens with one attached hydrogen (secondary N) is 1. The summed E-state index contributed by atoms with van der Waals surface area (Å²) in [5.74, 6) is -0.122. The van der Waals surface area contributed by atoms with Crippen LogP contribution < -0.4 is 10.1 Å². The van der Waals surface area contributed by atoms with Crippen LogP contribution in [0.15, 0.2) is 24.3 Å². The molecule has 0 saturated heterocycles. The Hall–Kier alpha value is -2.83. The normalized spacial score (nSPS) is 10.6. The maximum absolute atomic E-state index is 12.1. The Morgan fingerprint density at radius 2 is 1.89 bits per heavy atom. The molecule has 1 aromatic heterocycles. The van der Waals surface area contributed by atoms with Crippen molar-refractivity contribution in [1.29, 1.82) is 0 Å². The minimum atomic E-state index is -0.821. The van der Waals surface area contributed by atoms with E-state index in [0.717, 1.165) is 22.5 Å². The van der Waals surface area contributed by atoms with E-state index in [-0.39, 0.29) is 12.3 Å². The number of aromatic nitrogens is 2. The number of carbonyl (C=O) groups is 2. The molecule has 1 heterocycles. The van der Waals surface area contributed by atoms with Gasteiger partial charge in [-0.25, -0.2) is 0 Å². The average molecular weight is 373 g/mol. The number of nitrogens with zero attached hydrogens (tertiary/aromatic N) is 2. The predicted molar refractivity (Wildman–Crippen MR) is 102 cm³/mol. The van der Waals surface area contributed by atoms with Gasteiger partial charge in [0.05, 0.1) is 12.3 Å². The van der Waals surface area contributed by atoms with E-state index in [1.54, 1.807) is 0 Å². The van der Waals surface area contributed by atoms with Gasteiger partial charge in [0.2, 0.25) is 5.91 Å². The summed E-state index contributed by atoms with van der Waals surface area (Å²) >= 11 is 0. The molecule has 7 nitrogen and oxygen atoms in total. The molecular formula is C20H27N3O4. The fraction of sp³-hybridized carbons (Fsp3) is 0.450. The maximum Gasteiger partial charge on any atom is 0.303 e. The Labute approximate surface area is 159 Å². The fourth-order valence-corrected chi connectivity index (χ4v) is 2.82. The van der Waals surface area contributed by atoms with E-state index in [9.17, 15) is 9.59 Å². The molecule has 0 unspecified atom stereocenters. The van der Waals surface area contributed by atoms with E-state index in [4.69, 9.17) is 9.84 Å². The minimum absolute atomic E-state index is 0.00616. The monoisotopic (exact) mass is 373 g/mol. The highest BCUT2D eigenvalue weighted by molar-refractivity contribution is 5.76. The standard InChI is InChI=1S/C20H27N3O4/c1-14-18(15(2)23(3)22-14)10-11-19(24)21-13-16-6-8-17(9-7-16)27-12-4-5-20(25)26/h6-9H,4-5,10-13H2,1-3H3,(H,21,24)(H,25,26). The van der Waals surface area contributed by atoms with Crippen LogP contribution in [0.3, 0.4) is 0 Å².